The number of H-pyrrole nitrogens is 1. The molecule has 18 heavy (non-hydrogen) atoms. The van der Waals surface area contributed by atoms with Crippen molar-refractivity contribution in [2.45, 2.75) is 12.5 Å². The molecule has 8 heteroatoms. The first-order chi connectivity index (χ1) is 8.61. The zero-order chi connectivity index (χ0) is 13.1. The second-order valence-corrected chi connectivity index (χ2v) is 4.31. The lowest BCUT2D eigenvalue weighted by Gasteiger charge is -2.18. The number of carbonyl (C=O) groups is 1. The Balaban J connectivity index is 2.07. The molecule has 98 valence electrons. The van der Waals surface area contributed by atoms with E-state index in [9.17, 15) is 9.59 Å². The molecule has 0 radical (unpaired) electrons. The van der Waals surface area contributed by atoms with E-state index >= 15 is 0 Å². The molecule has 2 N–H and O–H groups in total. The summed E-state index contributed by atoms with van der Waals surface area (Å²) in [5.41, 5.74) is -0.369. The Bertz CT molecular complexity index is 504. The lowest BCUT2D eigenvalue weighted by Crippen LogP contribution is -2.37. The summed E-state index contributed by atoms with van der Waals surface area (Å²) in [5.74, 6) is 0.439. The fraction of sp³-hybridized carbons (Fsp3) is 0.500. The molecule has 0 aromatic carbocycles. The molecule has 2 heterocycles. The Hall–Kier alpha value is -1.76. The van der Waals surface area contributed by atoms with Gasteiger partial charge in [0, 0.05) is 13.1 Å². The van der Waals surface area contributed by atoms with Crippen LogP contribution in [-0.4, -0.2) is 42.3 Å². The summed E-state index contributed by atoms with van der Waals surface area (Å²) < 4.78 is 4.53. The Labute approximate surface area is 108 Å². The minimum atomic E-state index is -0.466. The molecule has 0 bridgehead atoms. The van der Waals surface area contributed by atoms with Crippen LogP contribution in [0.2, 0.25) is 5.02 Å². The highest BCUT2D eigenvalue weighted by molar-refractivity contribution is 6.32. The van der Waals surface area contributed by atoms with Crippen LogP contribution in [0.25, 0.3) is 0 Å². The number of nitrogens with zero attached hydrogens (tertiary/aromatic N) is 2. The number of methoxy groups -OCH3 is 1. The Morgan fingerprint density at radius 3 is 3.22 bits per heavy atom. The van der Waals surface area contributed by atoms with Crippen LogP contribution in [0.1, 0.15) is 6.42 Å². The van der Waals surface area contributed by atoms with E-state index in [-0.39, 0.29) is 16.6 Å². The second-order valence-electron chi connectivity index (χ2n) is 3.94. The Morgan fingerprint density at radius 1 is 1.72 bits per heavy atom. The van der Waals surface area contributed by atoms with Crippen LogP contribution in [0, 0.1) is 0 Å². The van der Waals surface area contributed by atoms with Crippen molar-refractivity contribution in [3.8, 4) is 0 Å². The molecule has 0 saturated carbocycles. The Kier molecular flexibility index (Phi) is 3.71. The van der Waals surface area contributed by atoms with E-state index in [0.29, 0.717) is 18.9 Å². The third-order valence-corrected chi connectivity index (χ3v) is 3.11. The minimum absolute atomic E-state index is 0.0328. The predicted molar refractivity (Wildman–Crippen MR) is 66.0 cm³/mol. The summed E-state index contributed by atoms with van der Waals surface area (Å²) >= 11 is 5.89. The number of ether oxygens (including phenoxy) is 1. The molecule has 0 aliphatic carbocycles. The Morgan fingerprint density at radius 2 is 2.50 bits per heavy atom. The van der Waals surface area contributed by atoms with Gasteiger partial charge in [0.05, 0.1) is 19.5 Å². The fourth-order valence-electron chi connectivity index (χ4n) is 1.89. The van der Waals surface area contributed by atoms with E-state index in [2.05, 4.69) is 20.0 Å². The quantitative estimate of drug-likeness (QED) is 0.812. The smallest absolute Gasteiger partial charge is 0.407 e. The second kappa shape index (κ2) is 5.26. The standard InChI is InChI=1S/C10H13ClN4O3/c1-18-10(17)14-6-2-3-15(4-6)8-7(11)9(16)13-5-12-8/h5-6H,2-4H2,1H3,(H,14,17)(H,12,13,16). The molecule has 1 saturated heterocycles. The summed E-state index contributed by atoms with van der Waals surface area (Å²) in [5, 5.41) is 2.77. The maximum atomic E-state index is 11.4. The molecule has 1 fully saturated rings. The van der Waals surface area contributed by atoms with Crippen molar-refractivity contribution in [3.05, 3.63) is 21.7 Å². The molecule has 1 atom stereocenters. The van der Waals surface area contributed by atoms with Gasteiger partial charge in [-0.2, -0.15) is 0 Å². The number of aromatic amines is 1. The van der Waals surface area contributed by atoms with Crippen molar-refractivity contribution in [2.24, 2.45) is 0 Å². The maximum Gasteiger partial charge on any atom is 0.407 e. The molecule has 1 amide bonds. The predicted octanol–water partition coefficient (Wildman–Crippen LogP) is 0.358. The monoisotopic (exact) mass is 272 g/mol. The van der Waals surface area contributed by atoms with Gasteiger partial charge in [-0.05, 0) is 6.42 Å². The number of nitrogens with one attached hydrogen (secondary N) is 2. The van der Waals surface area contributed by atoms with E-state index in [4.69, 9.17) is 11.6 Å². The lowest BCUT2D eigenvalue weighted by atomic mass is 10.3. The number of anilines is 1. The van der Waals surface area contributed by atoms with Crippen LogP contribution >= 0.6 is 11.6 Å². The van der Waals surface area contributed by atoms with Crippen molar-refractivity contribution in [1.29, 1.82) is 0 Å². The van der Waals surface area contributed by atoms with Crippen LogP contribution in [0.4, 0.5) is 10.6 Å². The van der Waals surface area contributed by atoms with Gasteiger partial charge in [0.15, 0.2) is 5.82 Å². The molecule has 0 spiro atoms. The first kappa shape index (κ1) is 12.7. The zero-order valence-electron chi connectivity index (χ0n) is 9.77. The fourth-order valence-corrected chi connectivity index (χ4v) is 2.11. The van der Waals surface area contributed by atoms with Gasteiger partial charge in [-0.3, -0.25) is 4.79 Å². The topological polar surface area (TPSA) is 87.3 Å². The van der Waals surface area contributed by atoms with E-state index in [1.165, 1.54) is 13.4 Å². The van der Waals surface area contributed by atoms with Gasteiger partial charge in [0.2, 0.25) is 0 Å². The van der Waals surface area contributed by atoms with Crippen LogP contribution in [0.3, 0.4) is 0 Å². The maximum absolute atomic E-state index is 11.4. The van der Waals surface area contributed by atoms with Gasteiger partial charge < -0.3 is 19.9 Å². The number of amides is 1. The first-order valence-electron chi connectivity index (χ1n) is 5.44. The summed E-state index contributed by atoms with van der Waals surface area (Å²) in [7, 11) is 1.32. The number of carbonyl (C=O) groups excluding carboxylic acids is 1. The van der Waals surface area contributed by atoms with Crippen molar-refractivity contribution in [1.82, 2.24) is 15.3 Å². The number of alkyl carbamates (subject to hydrolysis) is 1. The SMILES string of the molecule is COC(=O)NC1CCN(c2nc[nH]c(=O)c2Cl)C1. The number of aromatic nitrogens is 2. The average Bonchev–Trinajstić information content (AvgIpc) is 2.80. The molecule has 7 nitrogen and oxygen atoms in total. The zero-order valence-corrected chi connectivity index (χ0v) is 10.5. The van der Waals surface area contributed by atoms with E-state index in [1.54, 1.807) is 0 Å². The molecule has 1 aromatic heterocycles. The average molecular weight is 273 g/mol. The number of rotatable bonds is 2. The van der Waals surface area contributed by atoms with Gasteiger partial charge in [-0.25, -0.2) is 9.78 Å². The van der Waals surface area contributed by atoms with Crippen molar-refractivity contribution in [3.63, 3.8) is 0 Å². The molecule has 2 rings (SSSR count). The van der Waals surface area contributed by atoms with Gasteiger partial charge in [-0.15, -0.1) is 0 Å². The van der Waals surface area contributed by atoms with Crippen LogP contribution in [0.15, 0.2) is 11.1 Å². The van der Waals surface area contributed by atoms with Crippen LogP contribution < -0.4 is 15.8 Å². The normalized spacial score (nSPS) is 18.8. The van der Waals surface area contributed by atoms with Gasteiger partial charge in [-0.1, -0.05) is 11.6 Å². The molecular formula is C10H13ClN4O3. The van der Waals surface area contributed by atoms with Gasteiger partial charge in [0.1, 0.15) is 5.02 Å². The highest BCUT2D eigenvalue weighted by atomic mass is 35.5. The van der Waals surface area contributed by atoms with Crippen LogP contribution in [-0.2, 0) is 4.74 Å². The van der Waals surface area contributed by atoms with Crippen molar-refractivity contribution >= 4 is 23.5 Å². The number of hydrogen-bond acceptors (Lipinski definition) is 5. The lowest BCUT2D eigenvalue weighted by molar-refractivity contribution is 0.167. The van der Waals surface area contributed by atoms with E-state index in [1.807, 2.05) is 4.90 Å². The van der Waals surface area contributed by atoms with Gasteiger partial charge >= 0.3 is 6.09 Å². The van der Waals surface area contributed by atoms with Crippen molar-refractivity contribution in [2.75, 3.05) is 25.1 Å². The van der Waals surface area contributed by atoms with Crippen molar-refractivity contribution < 1.29 is 9.53 Å². The van der Waals surface area contributed by atoms with E-state index in [0.717, 1.165) is 6.42 Å². The minimum Gasteiger partial charge on any atom is -0.453 e. The number of halogens is 1. The largest absolute Gasteiger partial charge is 0.453 e. The molecule has 1 aliphatic heterocycles. The summed E-state index contributed by atoms with van der Waals surface area (Å²) in [6, 6.07) is -0.0328. The molecular weight excluding hydrogens is 260 g/mol. The summed E-state index contributed by atoms with van der Waals surface area (Å²) in [6.07, 6.45) is 1.59. The third kappa shape index (κ3) is 2.56. The summed E-state index contributed by atoms with van der Waals surface area (Å²) in [6.45, 7) is 1.22. The molecule has 1 aromatic rings. The van der Waals surface area contributed by atoms with Crippen LogP contribution in [0.5, 0.6) is 0 Å². The summed E-state index contributed by atoms with van der Waals surface area (Å²) in [4.78, 5) is 30.8. The molecule has 1 aliphatic rings. The van der Waals surface area contributed by atoms with E-state index < -0.39 is 6.09 Å². The third-order valence-electron chi connectivity index (χ3n) is 2.77. The molecule has 1 unspecified atom stereocenters. The number of hydrogen-bond donors (Lipinski definition) is 2. The highest BCUT2D eigenvalue weighted by Crippen LogP contribution is 2.22. The first-order valence-corrected chi connectivity index (χ1v) is 5.82. The van der Waals surface area contributed by atoms with Gasteiger partial charge in [0.25, 0.3) is 5.56 Å². The highest BCUT2D eigenvalue weighted by Gasteiger charge is 2.26.